The maximum absolute atomic E-state index is 2.55. The molecule has 8 rings (SSSR count). The molecule has 0 saturated carbocycles. The van der Waals surface area contributed by atoms with Gasteiger partial charge in [-0.25, -0.2) is 0 Å². The molecule has 0 fully saturated rings. The van der Waals surface area contributed by atoms with E-state index < -0.39 is 8.07 Å². The van der Waals surface area contributed by atoms with Gasteiger partial charge in [0.1, 0.15) is 0 Å². The van der Waals surface area contributed by atoms with Crippen LogP contribution in [0.2, 0.25) is 0 Å². The first-order chi connectivity index (χ1) is 18.3. The molecule has 0 amide bonds. The second kappa shape index (κ2) is 7.55. The molecular formula is C35H25NSi. The summed E-state index contributed by atoms with van der Waals surface area (Å²) in [5, 5.41) is 11.2. The normalized spacial score (nSPS) is 13.8. The molecule has 0 radical (unpaired) electrons. The number of fused-ring (bicyclic) bond motifs is 7. The number of benzene rings is 6. The van der Waals surface area contributed by atoms with E-state index in [1.54, 1.807) is 0 Å². The summed E-state index contributed by atoms with van der Waals surface area (Å²) in [5.74, 6) is 0. The van der Waals surface area contributed by atoms with E-state index in [0.29, 0.717) is 0 Å². The Labute approximate surface area is 217 Å². The van der Waals surface area contributed by atoms with Gasteiger partial charge in [-0.1, -0.05) is 115 Å². The summed E-state index contributed by atoms with van der Waals surface area (Å²) in [5.41, 5.74) is 5.36. The van der Waals surface area contributed by atoms with E-state index in [1.807, 2.05) is 0 Å². The molecular weight excluding hydrogens is 462 g/mol. The van der Waals surface area contributed by atoms with Crippen LogP contribution in [0.4, 0.5) is 0 Å². The van der Waals surface area contributed by atoms with Crippen LogP contribution in [0.1, 0.15) is 0 Å². The predicted molar refractivity (Wildman–Crippen MR) is 161 cm³/mol. The fourth-order valence-corrected chi connectivity index (χ4v) is 12.0. The Hall–Kier alpha value is -4.40. The summed E-state index contributed by atoms with van der Waals surface area (Å²) >= 11 is 0. The van der Waals surface area contributed by atoms with E-state index in [2.05, 4.69) is 145 Å². The highest BCUT2D eigenvalue weighted by Gasteiger charge is 2.49. The van der Waals surface area contributed by atoms with Crippen molar-refractivity contribution in [2.75, 3.05) is 0 Å². The monoisotopic (exact) mass is 487 g/mol. The fourth-order valence-electron chi connectivity index (χ4n) is 6.82. The fraction of sp³-hybridized carbons (Fsp3) is 0.0286. The van der Waals surface area contributed by atoms with Crippen molar-refractivity contribution in [3.05, 3.63) is 133 Å². The van der Waals surface area contributed by atoms with Crippen LogP contribution in [0.25, 0.3) is 43.7 Å². The summed E-state index contributed by atoms with van der Waals surface area (Å²) in [7, 11) is -0.347. The van der Waals surface area contributed by atoms with E-state index in [1.165, 1.54) is 64.5 Å². The molecule has 0 unspecified atom stereocenters. The molecule has 174 valence electrons. The smallest absolute Gasteiger partial charge is 0.180 e. The van der Waals surface area contributed by atoms with Gasteiger partial charge in [0.25, 0.3) is 0 Å². The second-order valence-electron chi connectivity index (χ2n) is 10.2. The van der Waals surface area contributed by atoms with Gasteiger partial charge in [-0.2, -0.15) is 0 Å². The minimum atomic E-state index is -2.55. The Kier molecular flexibility index (Phi) is 4.23. The van der Waals surface area contributed by atoms with Gasteiger partial charge in [0.05, 0.1) is 0 Å². The molecule has 1 aromatic heterocycles. The summed E-state index contributed by atoms with van der Waals surface area (Å²) in [4.78, 5) is 0. The summed E-state index contributed by atoms with van der Waals surface area (Å²) in [6.07, 6.45) is 0. The SMILES string of the molecule is Cn1c2ccccc2c2cc3c(cc21)-c1cc2ccccc2cc1[Si]3(c1ccccc1)c1ccccc1. The first-order valence-electron chi connectivity index (χ1n) is 12.9. The minimum Gasteiger partial charge on any atom is -0.344 e. The van der Waals surface area contributed by atoms with Crippen molar-refractivity contribution in [2.45, 2.75) is 0 Å². The van der Waals surface area contributed by atoms with Crippen LogP contribution in [0.3, 0.4) is 0 Å². The number of rotatable bonds is 2. The third kappa shape index (κ3) is 2.68. The number of hydrogen-bond donors (Lipinski definition) is 0. The lowest BCUT2D eigenvalue weighted by Gasteiger charge is -2.31. The van der Waals surface area contributed by atoms with Gasteiger partial charge in [0, 0.05) is 28.9 Å². The first kappa shape index (κ1) is 20.8. The van der Waals surface area contributed by atoms with E-state index in [9.17, 15) is 0 Å². The number of para-hydroxylation sites is 1. The zero-order valence-electron chi connectivity index (χ0n) is 20.6. The lowest BCUT2D eigenvalue weighted by Crippen LogP contribution is -2.72. The largest absolute Gasteiger partial charge is 0.344 e. The molecule has 37 heavy (non-hydrogen) atoms. The van der Waals surface area contributed by atoms with Crippen molar-refractivity contribution in [2.24, 2.45) is 7.05 Å². The molecule has 0 spiro atoms. The van der Waals surface area contributed by atoms with Crippen molar-refractivity contribution < 1.29 is 0 Å². The maximum Gasteiger partial charge on any atom is 0.180 e. The Morgan fingerprint density at radius 3 is 1.70 bits per heavy atom. The Morgan fingerprint density at radius 1 is 0.459 bits per heavy atom. The molecule has 0 N–H and O–H groups in total. The Balaban J connectivity index is 1.62. The molecule has 0 aliphatic carbocycles. The van der Waals surface area contributed by atoms with Crippen molar-refractivity contribution >= 4 is 61.4 Å². The van der Waals surface area contributed by atoms with Crippen LogP contribution in [0.15, 0.2) is 133 Å². The molecule has 0 saturated heterocycles. The molecule has 6 aromatic carbocycles. The lowest BCUT2D eigenvalue weighted by molar-refractivity contribution is 1.01. The lowest BCUT2D eigenvalue weighted by atomic mass is 10.00. The zero-order chi connectivity index (χ0) is 24.6. The van der Waals surface area contributed by atoms with Crippen LogP contribution >= 0.6 is 0 Å². The van der Waals surface area contributed by atoms with Crippen molar-refractivity contribution in [1.29, 1.82) is 0 Å². The van der Waals surface area contributed by atoms with Crippen LogP contribution in [0, 0.1) is 0 Å². The topological polar surface area (TPSA) is 4.93 Å². The standard InChI is InChI=1S/C35H25NSi/c1-36-32-19-11-10-18-28(32)29-23-35-31(22-33(29)36)30-20-24-12-8-9-13-25(24)21-34(30)37(35,26-14-4-2-5-15-26)27-16-6-3-7-17-27/h2-23H,1H3. The van der Waals surface area contributed by atoms with Crippen molar-refractivity contribution in [3.63, 3.8) is 0 Å². The third-order valence-corrected chi connectivity index (χ3v) is 13.3. The molecule has 1 aliphatic heterocycles. The molecule has 7 aromatic rings. The summed E-state index contributed by atoms with van der Waals surface area (Å²) < 4.78 is 2.36. The van der Waals surface area contributed by atoms with Gasteiger partial charge in [0.2, 0.25) is 0 Å². The Bertz CT molecular complexity index is 1940. The number of nitrogens with zero attached hydrogens (tertiary/aromatic N) is 1. The number of aryl methyl sites for hydroxylation is 1. The van der Waals surface area contributed by atoms with Gasteiger partial charge in [-0.15, -0.1) is 0 Å². The van der Waals surface area contributed by atoms with Crippen LogP contribution in [-0.2, 0) is 7.05 Å². The van der Waals surface area contributed by atoms with E-state index >= 15 is 0 Å². The van der Waals surface area contributed by atoms with Crippen LogP contribution in [0.5, 0.6) is 0 Å². The summed E-state index contributed by atoms with van der Waals surface area (Å²) in [6.45, 7) is 0. The second-order valence-corrected chi connectivity index (χ2v) is 14.0. The highest BCUT2D eigenvalue weighted by molar-refractivity contribution is 7.22. The Morgan fingerprint density at radius 2 is 1.00 bits per heavy atom. The summed E-state index contributed by atoms with van der Waals surface area (Å²) in [6, 6.07) is 50.2. The number of aromatic nitrogens is 1. The molecule has 2 heteroatoms. The molecule has 0 atom stereocenters. The maximum atomic E-state index is 2.55. The molecule has 1 aliphatic rings. The molecule has 1 nitrogen and oxygen atoms in total. The zero-order valence-corrected chi connectivity index (χ0v) is 21.6. The van der Waals surface area contributed by atoms with Crippen LogP contribution in [-0.4, -0.2) is 12.6 Å². The quantitative estimate of drug-likeness (QED) is 0.270. The van der Waals surface area contributed by atoms with Crippen molar-refractivity contribution in [3.8, 4) is 11.1 Å². The highest BCUT2D eigenvalue weighted by Crippen LogP contribution is 2.36. The van der Waals surface area contributed by atoms with Crippen LogP contribution < -0.4 is 20.7 Å². The van der Waals surface area contributed by atoms with Gasteiger partial charge in [-0.05, 0) is 60.8 Å². The molecule has 0 bridgehead atoms. The van der Waals surface area contributed by atoms with E-state index in [-0.39, 0.29) is 0 Å². The van der Waals surface area contributed by atoms with Gasteiger partial charge >= 0.3 is 0 Å². The average molecular weight is 488 g/mol. The van der Waals surface area contributed by atoms with E-state index in [4.69, 9.17) is 0 Å². The third-order valence-electron chi connectivity index (χ3n) is 8.45. The first-order valence-corrected chi connectivity index (χ1v) is 14.9. The highest BCUT2D eigenvalue weighted by atomic mass is 28.3. The van der Waals surface area contributed by atoms with Crippen molar-refractivity contribution in [1.82, 2.24) is 4.57 Å². The van der Waals surface area contributed by atoms with Gasteiger partial charge in [0.15, 0.2) is 8.07 Å². The average Bonchev–Trinajstić information content (AvgIpc) is 3.40. The minimum absolute atomic E-state index is 1.28. The van der Waals surface area contributed by atoms with Gasteiger partial charge < -0.3 is 4.57 Å². The van der Waals surface area contributed by atoms with Gasteiger partial charge in [-0.3, -0.25) is 0 Å². The van der Waals surface area contributed by atoms with E-state index in [0.717, 1.165) is 0 Å². The number of hydrogen-bond acceptors (Lipinski definition) is 0. The molecule has 2 heterocycles. The predicted octanol–water partition coefficient (Wildman–Crippen LogP) is 5.84.